The van der Waals surface area contributed by atoms with Crippen LogP contribution in [0.25, 0.3) is 10.9 Å². The van der Waals surface area contributed by atoms with Crippen molar-refractivity contribution in [3.63, 3.8) is 0 Å². The van der Waals surface area contributed by atoms with E-state index in [1.807, 2.05) is 18.2 Å². The van der Waals surface area contributed by atoms with Gasteiger partial charge in [0.1, 0.15) is 11.5 Å². The Hall–Kier alpha value is -2.99. The molecule has 2 aromatic carbocycles. The lowest BCUT2D eigenvalue weighted by atomic mass is 10.1. The van der Waals surface area contributed by atoms with Crippen LogP contribution in [0.15, 0.2) is 54.6 Å². The van der Waals surface area contributed by atoms with E-state index in [1.165, 1.54) is 18.2 Å². The molecule has 0 bridgehead atoms. The molecule has 2 amide bonds. The van der Waals surface area contributed by atoms with Gasteiger partial charge in [0.25, 0.3) is 5.91 Å². The van der Waals surface area contributed by atoms with Gasteiger partial charge in [-0.2, -0.15) is 0 Å². The third-order valence-corrected chi connectivity index (χ3v) is 3.90. The number of halogens is 2. The summed E-state index contributed by atoms with van der Waals surface area (Å²) >= 11 is 5.87. The number of amides is 2. The molecule has 3 rings (SSSR count). The van der Waals surface area contributed by atoms with Gasteiger partial charge in [0.15, 0.2) is 0 Å². The highest BCUT2D eigenvalue weighted by Crippen LogP contribution is 2.19. The lowest BCUT2D eigenvalue weighted by Crippen LogP contribution is -2.42. The maximum Gasteiger partial charge on any atom is 0.288 e. The van der Waals surface area contributed by atoms with E-state index in [0.717, 1.165) is 5.39 Å². The summed E-state index contributed by atoms with van der Waals surface area (Å²) in [6.45, 7) is 0. The first-order valence-corrected chi connectivity index (χ1v) is 7.80. The SMILES string of the molecule is O=C(Cc1c(F)cccc1Cl)NNC(=O)c1ccc2ccccc2n1. The van der Waals surface area contributed by atoms with Crippen molar-refractivity contribution < 1.29 is 14.0 Å². The molecule has 0 saturated carbocycles. The van der Waals surface area contributed by atoms with Crippen molar-refractivity contribution in [3.8, 4) is 0 Å². The number of nitrogens with zero attached hydrogens (tertiary/aromatic N) is 1. The number of nitrogens with one attached hydrogen (secondary N) is 2. The van der Waals surface area contributed by atoms with Crippen LogP contribution in [0.2, 0.25) is 5.02 Å². The van der Waals surface area contributed by atoms with Gasteiger partial charge >= 0.3 is 0 Å². The zero-order valence-corrected chi connectivity index (χ0v) is 13.7. The molecule has 0 aliphatic heterocycles. The second kappa shape index (κ2) is 7.27. The summed E-state index contributed by atoms with van der Waals surface area (Å²) in [5.41, 5.74) is 5.38. The maximum atomic E-state index is 13.7. The van der Waals surface area contributed by atoms with E-state index in [-0.39, 0.29) is 22.7 Å². The summed E-state index contributed by atoms with van der Waals surface area (Å²) in [6, 6.07) is 14.8. The van der Waals surface area contributed by atoms with Crippen LogP contribution in [0, 0.1) is 5.82 Å². The van der Waals surface area contributed by atoms with E-state index >= 15 is 0 Å². The molecule has 7 heteroatoms. The summed E-state index contributed by atoms with van der Waals surface area (Å²) < 4.78 is 13.7. The summed E-state index contributed by atoms with van der Waals surface area (Å²) in [6.07, 6.45) is -0.295. The molecule has 126 valence electrons. The smallest absolute Gasteiger partial charge is 0.273 e. The van der Waals surface area contributed by atoms with Crippen LogP contribution in [0.4, 0.5) is 4.39 Å². The predicted molar refractivity (Wildman–Crippen MR) is 92.5 cm³/mol. The van der Waals surface area contributed by atoms with Gasteiger partial charge in [0.05, 0.1) is 11.9 Å². The number of hydrogen-bond donors (Lipinski definition) is 2. The Labute approximate surface area is 147 Å². The fourth-order valence-electron chi connectivity index (χ4n) is 2.29. The van der Waals surface area contributed by atoms with Crippen molar-refractivity contribution in [2.24, 2.45) is 0 Å². The first-order chi connectivity index (χ1) is 12.0. The Balaban J connectivity index is 1.64. The monoisotopic (exact) mass is 357 g/mol. The highest BCUT2D eigenvalue weighted by molar-refractivity contribution is 6.31. The molecule has 25 heavy (non-hydrogen) atoms. The van der Waals surface area contributed by atoms with E-state index in [2.05, 4.69) is 15.8 Å². The van der Waals surface area contributed by atoms with Crippen molar-refractivity contribution in [1.82, 2.24) is 15.8 Å². The standard InChI is InChI=1S/C18H13ClFN3O2/c19-13-5-3-6-14(20)12(13)10-17(24)22-23-18(25)16-9-8-11-4-1-2-7-15(11)21-16/h1-9H,10H2,(H,22,24)(H,23,25). The number of carbonyl (C=O) groups is 2. The third-order valence-electron chi connectivity index (χ3n) is 3.55. The van der Waals surface area contributed by atoms with Gasteiger partial charge in [0, 0.05) is 16.0 Å². The number of para-hydroxylation sites is 1. The van der Waals surface area contributed by atoms with E-state index < -0.39 is 17.6 Å². The second-order valence-corrected chi connectivity index (χ2v) is 5.68. The van der Waals surface area contributed by atoms with E-state index in [0.29, 0.717) is 5.52 Å². The molecule has 0 fully saturated rings. The van der Waals surface area contributed by atoms with Gasteiger partial charge in [-0.1, -0.05) is 41.9 Å². The zero-order valence-electron chi connectivity index (χ0n) is 12.9. The average Bonchev–Trinajstić information content (AvgIpc) is 2.62. The fraction of sp³-hybridized carbons (Fsp3) is 0.0556. The summed E-state index contributed by atoms with van der Waals surface area (Å²) in [4.78, 5) is 28.2. The average molecular weight is 358 g/mol. The molecule has 5 nitrogen and oxygen atoms in total. The van der Waals surface area contributed by atoms with Crippen molar-refractivity contribution in [2.45, 2.75) is 6.42 Å². The van der Waals surface area contributed by atoms with Crippen molar-refractivity contribution in [1.29, 1.82) is 0 Å². The predicted octanol–water partition coefficient (Wildman–Crippen LogP) is 3.03. The molecule has 0 unspecified atom stereocenters. The molecular formula is C18H13ClFN3O2. The summed E-state index contributed by atoms with van der Waals surface area (Å²) in [5, 5.41) is 1.05. The Morgan fingerprint density at radius 3 is 2.60 bits per heavy atom. The molecule has 0 aliphatic carbocycles. The highest BCUT2D eigenvalue weighted by Gasteiger charge is 2.13. The molecule has 0 aliphatic rings. The Morgan fingerprint density at radius 1 is 1.00 bits per heavy atom. The molecule has 0 radical (unpaired) electrons. The highest BCUT2D eigenvalue weighted by atomic mass is 35.5. The van der Waals surface area contributed by atoms with E-state index in [4.69, 9.17) is 11.6 Å². The molecule has 0 spiro atoms. The van der Waals surface area contributed by atoms with E-state index in [1.54, 1.807) is 18.2 Å². The minimum atomic E-state index is -0.596. The number of carbonyl (C=O) groups excluding carboxylic acids is 2. The van der Waals surface area contributed by atoms with Crippen molar-refractivity contribution in [3.05, 3.63) is 76.7 Å². The first kappa shape index (κ1) is 16.9. The van der Waals surface area contributed by atoms with Crippen LogP contribution < -0.4 is 10.9 Å². The Morgan fingerprint density at radius 2 is 1.80 bits per heavy atom. The van der Waals surface area contributed by atoms with Crippen LogP contribution in [-0.2, 0) is 11.2 Å². The van der Waals surface area contributed by atoms with Gasteiger partial charge in [-0.25, -0.2) is 9.37 Å². The summed E-state index contributed by atoms with van der Waals surface area (Å²) in [7, 11) is 0. The van der Waals surface area contributed by atoms with Crippen LogP contribution in [0.3, 0.4) is 0 Å². The molecule has 3 aromatic rings. The van der Waals surface area contributed by atoms with Crippen LogP contribution in [0.1, 0.15) is 16.1 Å². The van der Waals surface area contributed by atoms with E-state index in [9.17, 15) is 14.0 Å². The lowest BCUT2D eigenvalue weighted by Gasteiger charge is -2.09. The zero-order chi connectivity index (χ0) is 17.8. The van der Waals surface area contributed by atoms with Crippen molar-refractivity contribution >= 4 is 34.3 Å². The number of hydrazine groups is 1. The maximum absolute atomic E-state index is 13.7. The largest absolute Gasteiger partial charge is 0.288 e. The second-order valence-electron chi connectivity index (χ2n) is 5.27. The quantitative estimate of drug-likeness (QED) is 0.708. The first-order valence-electron chi connectivity index (χ1n) is 7.42. The normalized spacial score (nSPS) is 10.5. The molecule has 1 heterocycles. The molecule has 0 saturated heterocycles. The van der Waals surface area contributed by atoms with Gasteiger partial charge in [-0.3, -0.25) is 20.4 Å². The minimum absolute atomic E-state index is 0.0692. The molecule has 2 N–H and O–H groups in total. The summed E-state index contributed by atoms with van der Waals surface area (Å²) in [5.74, 6) is -1.75. The number of hydrogen-bond acceptors (Lipinski definition) is 3. The molecular weight excluding hydrogens is 345 g/mol. The fourth-order valence-corrected chi connectivity index (χ4v) is 2.52. The molecule has 0 atom stereocenters. The van der Waals surface area contributed by atoms with Crippen LogP contribution >= 0.6 is 11.6 Å². The number of rotatable bonds is 3. The lowest BCUT2D eigenvalue weighted by molar-refractivity contribution is -0.121. The van der Waals surface area contributed by atoms with Gasteiger partial charge in [0.2, 0.25) is 5.91 Å². The minimum Gasteiger partial charge on any atom is -0.273 e. The number of benzene rings is 2. The third kappa shape index (κ3) is 3.92. The molecule has 1 aromatic heterocycles. The number of pyridine rings is 1. The van der Waals surface area contributed by atoms with Gasteiger partial charge in [-0.15, -0.1) is 0 Å². The van der Waals surface area contributed by atoms with Gasteiger partial charge in [-0.05, 0) is 24.3 Å². The van der Waals surface area contributed by atoms with Gasteiger partial charge < -0.3 is 0 Å². The number of aromatic nitrogens is 1. The van der Waals surface area contributed by atoms with Crippen LogP contribution in [-0.4, -0.2) is 16.8 Å². The topological polar surface area (TPSA) is 71.1 Å². The Kier molecular flexibility index (Phi) is 4.90. The van der Waals surface area contributed by atoms with Crippen LogP contribution in [0.5, 0.6) is 0 Å². The van der Waals surface area contributed by atoms with Crippen molar-refractivity contribution in [2.75, 3.05) is 0 Å². The number of fused-ring (bicyclic) bond motifs is 1. The Bertz CT molecular complexity index is 942.